The number of ether oxygens (including phenoxy) is 2. The van der Waals surface area contributed by atoms with E-state index in [4.69, 9.17) is 9.47 Å². The first-order chi connectivity index (χ1) is 29.7. The van der Waals surface area contributed by atoms with E-state index >= 15 is 0 Å². The van der Waals surface area contributed by atoms with E-state index in [-0.39, 0.29) is 6.42 Å². The highest BCUT2D eigenvalue weighted by Crippen LogP contribution is 2.23. The molecule has 11 nitrogen and oxygen atoms in total. The lowest BCUT2D eigenvalue weighted by Gasteiger charge is -2.40. The third-order valence-corrected chi connectivity index (χ3v) is 12.3. The second-order valence-electron chi connectivity index (χ2n) is 17.9. The molecule has 1 heterocycles. The number of aliphatic hydroxyl groups is 7. The Hall–Kier alpha value is -1.41. The Labute approximate surface area is 372 Å². The van der Waals surface area contributed by atoms with Gasteiger partial charge in [0.2, 0.25) is 5.91 Å². The van der Waals surface area contributed by atoms with Crippen LogP contribution in [0.3, 0.4) is 0 Å². The molecule has 0 aromatic heterocycles. The molecule has 0 aromatic carbocycles. The molecule has 1 amide bonds. The van der Waals surface area contributed by atoms with Gasteiger partial charge in [0.25, 0.3) is 0 Å². The summed E-state index contributed by atoms with van der Waals surface area (Å²) in [5.74, 6) is -0.700. The molecule has 9 unspecified atom stereocenters. The van der Waals surface area contributed by atoms with Gasteiger partial charge in [0.15, 0.2) is 6.29 Å². The number of carbonyl (C=O) groups is 1. The average Bonchev–Trinajstić information content (AvgIpc) is 3.26. The Kier molecular flexibility index (Phi) is 37.9. The molecule has 8 N–H and O–H groups in total. The quantitative estimate of drug-likeness (QED) is 0.0217. The third-order valence-electron chi connectivity index (χ3n) is 12.3. The predicted octanol–water partition coefficient (Wildman–Crippen LogP) is 9.01. The largest absolute Gasteiger partial charge is 0.394 e. The molecule has 9 atom stereocenters. The number of amides is 1. The van der Waals surface area contributed by atoms with Crippen LogP contribution >= 0.6 is 0 Å². The van der Waals surface area contributed by atoms with Gasteiger partial charge in [0.1, 0.15) is 36.6 Å². The van der Waals surface area contributed by atoms with E-state index in [1.54, 1.807) is 0 Å². The summed E-state index contributed by atoms with van der Waals surface area (Å²) in [4.78, 5) is 13.1. The Morgan fingerprint density at radius 3 is 1.46 bits per heavy atom. The van der Waals surface area contributed by atoms with Crippen molar-refractivity contribution in [3.05, 3.63) is 24.3 Å². The smallest absolute Gasteiger partial charge is 0.249 e. The average molecular weight is 870 g/mol. The summed E-state index contributed by atoms with van der Waals surface area (Å²) in [6.07, 6.45) is 33.5. The highest BCUT2D eigenvalue weighted by molar-refractivity contribution is 5.80. The zero-order valence-electron chi connectivity index (χ0n) is 38.9. The summed E-state index contributed by atoms with van der Waals surface area (Å²) < 4.78 is 11.1. The number of aliphatic hydroxyl groups excluding tert-OH is 7. The first kappa shape index (κ1) is 57.6. The predicted molar refractivity (Wildman–Crippen MR) is 247 cm³/mol. The number of carbonyl (C=O) groups excluding carboxylic acids is 1. The fourth-order valence-electron chi connectivity index (χ4n) is 8.08. The number of allylic oxidation sites excluding steroid dienone is 4. The Morgan fingerprint density at radius 2 is 0.984 bits per heavy atom. The molecule has 61 heavy (non-hydrogen) atoms. The van der Waals surface area contributed by atoms with Gasteiger partial charge < -0.3 is 50.5 Å². The van der Waals surface area contributed by atoms with Gasteiger partial charge in [0.05, 0.1) is 25.4 Å². The summed E-state index contributed by atoms with van der Waals surface area (Å²) >= 11 is 0. The second-order valence-corrected chi connectivity index (χ2v) is 17.9. The maximum Gasteiger partial charge on any atom is 0.249 e. The molecule has 0 spiro atoms. The Balaban J connectivity index is 2.41. The van der Waals surface area contributed by atoms with E-state index in [0.717, 1.165) is 44.9 Å². The van der Waals surface area contributed by atoms with Crippen LogP contribution in [0.25, 0.3) is 0 Å². The van der Waals surface area contributed by atoms with E-state index in [2.05, 4.69) is 43.5 Å². The summed E-state index contributed by atoms with van der Waals surface area (Å²) in [6, 6.07) is -1.17. The maximum absolute atomic E-state index is 13.1. The van der Waals surface area contributed by atoms with Gasteiger partial charge in [0, 0.05) is 0 Å². The van der Waals surface area contributed by atoms with Gasteiger partial charge in [-0.2, -0.15) is 0 Å². The van der Waals surface area contributed by atoms with E-state index in [1.807, 2.05) is 0 Å². The van der Waals surface area contributed by atoms with Crippen molar-refractivity contribution in [3.63, 3.8) is 0 Å². The number of rotatable bonds is 42. The minimum Gasteiger partial charge on any atom is -0.394 e. The molecule has 0 bridgehead atoms. The zero-order valence-corrected chi connectivity index (χ0v) is 38.9. The SMILES string of the molecule is CCCCC/C=C\C=C/CCCCCCCCCCCC(O)C(=O)NC(COC1OC(CO)C(O)C(O)C1O)C(O)C(O)CCCCCCCCCCCCCCCCCC. The van der Waals surface area contributed by atoms with Crippen LogP contribution < -0.4 is 5.32 Å². The van der Waals surface area contributed by atoms with Crippen molar-refractivity contribution < 1.29 is 50.0 Å². The van der Waals surface area contributed by atoms with Crippen molar-refractivity contribution in [2.45, 2.75) is 274 Å². The highest BCUT2D eigenvalue weighted by atomic mass is 16.7. The summed E-state index contributed by atoms with van der Waals surface area (Å²) in [7, 11) is 0. The van der Waals surface area contributed by atoms with Gasteiger partial charge in [-0.15, -0.1) is 0 Å². The van der Waals surface area contributed by atoms with Crippen LogP contribution in [0.4, 0.5) is 0 Å². The molecule has 0 radical (unpaired) electrons. The van der Waals surface area contributed by atoms with E-state index < -0.39 is 74.2 Å². The van der Waals surface area contributed by atoms with Gasteiger partial charge in [-0.1, -0.05) is 205 Å². The van der Waals surface area contributed by atoms with Crippen LogP contribution in [0.5, 0.6) is 0 Å². The number of unbranched alkanes of at least 4 members (excludes halogenated alkanes) is 27. The highest BCUT2D eigenvalue weighted by Gasteiger charge is 2.44. The van der Waals surface area contributed by atoms with Gasteiger partial charge in [-0.25, -0.2) is 0 Å². The zero-order chi connectivity index (χ0) is 44.8. The van der Waals surface area contributed by atoms with Crippen LogP contribution in [0.1, 0.15) is 219 Å². The van der Waals surface area contributed by atoms with Crippen LogP contribution in [-0.4, -0.2) is 110 Å². The Morgan fingerprint density at radius 1 is 0.574 bits per heavy atom. The van der Waals surface area contributed by atoms with Crippen molar-refractivity contribution in [2.24, 2.45) is 0 Å². The monoisotopic (exact) mass is 870 g/mol. The summed E-state index contributed by atoms with van der Waals surface area (Å²) in [5, 5.41) is 75.9. The van der Waals surface area contributed by atoms with Crippen LogP contribution in [0.2, 0.25) is 0 Å². The molecule has 0 saturated carbocycles. The minimum atomic E-state index is -1.66. The van der Waals surface area contributed by atoms with Gasteiger partial charge >= 0.3 is 0 Å². The molecule has 1 aliphatic heterocycles. The van der Waals surface area contributed by atoms with Crippen LogP contribution in [0.15, 0.2) is 24.3 Å². The fraction of sp³-hybridized carbons (Fsp3) is 0.900. The molecule has 1 aliphatic rings. The second kappa shape index (κ2) is 40.1. The topological polar surface area (TPSA) is 189 Å². The van der Waals surface area contributed by atoms with Crippen molar-refractivity contribution in [2.75, 3.05) is 13.2 Å². The number of hydrogen-bond acceptors (Lipinski definition) is 10. The molecular formula is C50H95NO10. The fourth-order valence-corrected chi connectivity index (χ4v) is 8.08. The van der Waals surface area contributed by atoms with Gasteiger partial charge in [-0.05, 0) is 38.5 Å². The van der Waals surface area contributed by atoms with Crippen molar-refractivity contribution in [1.82, 2.24) is 5.32 Å². The molecular weight excluding hydrogens is 775 g/mol. The molecule has 1 fully saturated rings. The first-order valence-corrected chi connectivity index (χ1v) is 25.3. The molecule has 0 aliphatic carbocycles. The number of hydrogen-bond donors (Lipinski definition) is 8. The molecule has 1 saturated heterocycles. The van der Waals surface area contributed by atoms with E-state index in [0.29, 0.717) is 19.3 Å². The summed E-state index contributed by atoms with van der Waals surface area (Å²) in [6.45, 7) is 3.42. The van der Waals surface area contributed by atoms with E-state index in [1.165, 1.54) is 135 Å². The minimum absolute atomic E-state index is 0.255. The normalized spacial score (nSPS) is 21.6. The third kappa shape index (κ3) is 29.6. The molecule has 0 aromatic rings. The van der Waals surface area contributed by atoms with Crippen LogP contribution in [0, 0.1) is 0 Å². The Bertz CT molecular complexity index is 1040. The summed E-state index contributed by atoms with van der Waals surface area (Å²) in [5.41, 5.74) is 0. The van der Waals surface area contributed by atoms with Crippen molar-refractivity contribution in [3.8, 4) is 0 Å². The van der Waals surface area contributed by atoms with Gasteiger partial charge in [-0.3, -0.25) is 4.79 Å². The lowest BCUT2D eigenvalue weighted by atomic mass is 9.98. The molecule has 1 rings (SSSR count). The van der Waals surface area contributed by atoms with E-state index in [9.17, 15) is 40.5 Å². The van der Waals surface area contributed by atoms with Crippen molar-refractivity contribution in [1.29, 1.82) is 0 Å². The van der Waals surface area contributed by atoms with Crippen molar-refractivity contribution >= 4 is 5.91 Å². The lowest BCUT2D eigenvalue weighted by molar-refractivity contribution is -0.303. The first-order valence-electron chi connectivity index (χ1n) is 25.3. The number of nitrogens with one attached hydrogen (secondary N) is 1. The van der Waals surface area contributed by atoms with Crippen LogP contribution in [-0.2, 0) is 14.3 Å². The molecule has 360 valence electrons. The maximum atomic E-state index is 13.1. The lowest BCUT2D eigenvalue weighted by Crippen LogP contribution is -2.60. The standard InChI is InChI=1S/C50H95NO10/c1-3-5-7-9-11-13-15-17-19-21-22-24-26-28-30-32-34-36-38-43(54)49(59)51-41(40-60-50-48(58)47(57)46(56)44(39-52)61-50)45(55)42(53)37-35-33-31-29-27-25-23-20-18-16-14-12-10-8-6-4-2/h11,13,15,17,41-48,50,52-58H,3-10,12,14,16,18-40H2,1-2H3,(H,51,59)/b13-11-,17-15-. The molecule has 11 heteroatoms.